The first-order valence-electron chi connectivity index (χ1n) is 6.68. The maximum absolute atomic E-state index is 12.4. The van der Waals surface area contributed by atoms with E-state index in [0.29, 0.717) is 5.56 Å². The molecule has 3 rings (SSSR count). The van der Waals surface area contributed by atoms with E-state index in [9.17, 15) is 10.1 Å². The molecule has 0 aromatic heterocycles. The van der Waals surface area contributed by atoms with Gasteiger partial charge in [0.1, 0.15) is 12.2 Å². The van der Waals surface area contributed by atoms with Crippen molar-refractivity contribution in [2.75, 3.05) is 0 Å². The second-order valence-electron chi connectivity index (χ2n) is 4.85. The van der Waals surface area contributed by atoms with Gasteiger partial charge in [-0.2, -0.15) is 5.26 Å². The van der Waals surface area contributed by atoms with E-state index in [4.69, 9.17) is 4.74 Å². The third kappa shape index (κ3) is 2.49. The van der Waals surface area contributed by atoms with Gasteiger partial charge in [0, 0.05) is 5.56 Å². The molecule has 0 amide bonds. The van der Waals surface area contributed by atoms with Crippen molar-refractivity contribution in [1.29, 1.82) is 5.26 Å². The molecular weight excluding hydrogens is 262 g/mol. The van der Waals surface area contributed by atoms with E-state index in [1.54, 1.807) is 30.3 Å². The molecule has 1 aliphatic rings. The number of carbonyl (C=O) groups excluding carboxylic acids is 1. The van der Waals surface area contributed by atoms with Crippen LogP contribution in [0, 0.1) is 11.3 Å². The first kappa shape index (κ1) is 13.3. The maximum atomic E-state index is 12.4. The van der Waals surface area contributed by atoms with Crippen LogP contribution in [0.1, 0.15) is 15.9 Å². The predicted molar refractivity (Wildman–Crippen MR) is 79.5 cm³/mol. The number of nitrogens with zero attached hydrogens (tertiary/aromatic N) is 1. The second kappa shape index (κ2) is 5.35. The molecule has 2 atom stereocenters. The van der Waals surface area contributed by atoms with Gasteiger partial charge in [-0.3, -0.25) is 4.79 Å². The molecule has 1 heterocycles. The summed E-state index contributed by atoms with van der Waals surface area (Å²) in [5, 5.41) is 9.33. The van der Waals surface area contributed by atoms with Crippen LogP contribution in [0.15, 0.2) is 66.7 Å². The van der Waals surface area contributed by atoms with E-state index in [1.807, 2.05) is 48.5 Å². The Morgan fingerprint density at radius 1 is 1.10 bits per heavy atom. The van der Waals surface area contributed by atoms with Gasteiger partial charge in [0.25, 0.3) is 0 Å². The molecule has 2 unspecified atom stereocenters. The lowest BCUT2D eigenvalue weighted by Crippen LogP contribution is -2.25. The quantitative estimate of drug-likeness (QED) is 0.635. The molecule has 1 aliphatic heterocycles. The van der Waals surface area contributed by atoms with Crippen molar-refractivity contribution < 1.29 is 9.53 Å². The van der Waals surface area contributed by atoms with Gasteiger partial charge >= 0.3 is 0 Å². The van der Waals surface area contributed by atoms with Gasteiger partial charge < -0.3 is 4.74 Å². The molecule has 0 spiro atoms. The molecule has 3 nitrogen and oxygen atoms in total. The Morgan fingerprint density at radius 2 is 1.71 bits per heavy atom. The first-order chi connectivity index (χ1) is 10.3. The average Bonchev–Trinajstić information content (AvgIpc) is 3.29. The molecule has 21 heavy (non-hydrogen) atoms. The smallest absolute Gasteiger partial charge is 0.248 e. The van der Waals surface area contributed by atoms with Crippen molar-refractivity contribution in [1.82, 2.24) is 0 Å². The zero-order valence-corrected chi connectivity index (χ0v) is 11.3. The summed E-state index contributed by atoms with van der Waals surface area (Å²) in [5.41, 5.74) is 0.133. The minimum Gasteiger partial charge on any atom is -0.338 e. The highest BCUT2D eigenvalue weighted by Crippen LogP contribution is 2.40. The standard InChI is InChI=1S/C18H13NO2/c19-13-18(17(20)15-9-5-2-6-10-15)16(21-18)12-11-14-7-3-1-4-8-14/h1-12,16H/b12-11+. The monoisotopic (exact) mass is 275 g/mol. The number of nitriles is 1. The van der Waals surface area contributed by atoms with Gasteiger partial charge in [0.2, 0.25) is 11.4 Å². The van der Waals surface area contributed by atoms with Crippen LogP contribution in [0.3, 0.4) is 0 Å². The van der Waals surface area contributed by atoms with Gasteiger partial charge in [-0.1, -0.05) is 72.8 Å². The Morgan fingerprint density at radius 3 is 2.33 bits per heavy atom. The summed E-state index contributed by atoms with van der Waals surface area (Å²) in [6, 6.07) is 20.5. The average molecular weight is 275 g/mol. The van der Waals surface area contributed by atoms with E-state index < -0.39 is 11.7 Å². The van der Waals surface area contributed by atoms with E-state index in [1.165, 1.54) is 0 Å². The van der Waals surface area contributed by atoms with E-state index in [2.05, 4.69) is 0 Å². The maximum Gasteiger partial charge on any atom is 0.248 e. The lowest BCUT2D eigenvalue weighted by molar-refractivity contribution is 0.0914. The fraction of sp³-hybridized carbons (Fsp3) is 0.111. The molecule has 0 aliphatic carbocycles. The van der Waals surface area contributed by atoms with Crippen LogP contribution in [0.4, 0.5) is 0 Å². The number of ether oxygens (including phenoxy) is 1. The van der Waals surface area contributed by atoms with Gasteiger partial charge in [0.05, 0.1) is 0 Å². The number of ketones is 1. The van der Waals surface area contributed by atoms with E-state index >= 15 is 0 Å². The molecule has 102 valence electrons. The molecule has 0 bridgehead atoms. The van der Waals surface area contributed by atoms with Crippen molar-refractivity contribution in [2.24, 2.45) is 0 Å². The fourth-order valence-electron chi connectivity index (χ4n) is 2.23. The van der Waals surface area contributed by atoms with Crippen molar-refractivity contribution >= 4 is 11.9 Å². The fourth-order valence-corrected chi connectivity index (χ4v) is 2.23. The third-order valence-corrected chi connectivity index (χ3v) is 3.46. The molecule has 0 radical (unpaired) electrons. The predicted octanol–water partition coefficient (Wildman–Crippen LogP) is 3.24. The summed E-state index contributed by atoms with van der Waals surface area (Å²) in [4.78, 5) is 12.4. The minimum atomic E-state index is -1.37. The van der Waals surface area contributed by atoms with E-state index in [0.717, 1.165) is 5.56 Å². The minimum absolute atomic E-state index is 0.284. The summed E-state index contributed by atoms with van der Waals surface area (Å²) in [5.74, 6) is -0.284. The number of epoxide rings is 1. The van der Waals surface area contributed by atoms with Crippen LogP contribution in [0.5, 0.6) is 0 Å². The summed E-state index contributed by atoms with van der Waals surface area (Å²) in [7, 11) is 0. The van der Waals surface area contributed by atoms with Crippen LogP contribution in [-0.2, 0) is 4.74 Å². The number of rotatable bonds is 4. The Labute approximate surface area is 123 Å². The Bertz CT molecular complexity index is 716. The molecule has 0 saturated carbocycles. The van der Waals surface area contributed by atoms with Crippen LogP contribution in [0.25, 0.3) is 6.08 Å². The van der Waals surface area contributed by atoms with Crippen molar-refractivity contribution in [2.45, 2.75) is 11.7 Å². The second-order valence-corrected chi connectivity index (χ2v) is 4.85. The zero-order valence-electron chi connectivity index (χ0n) is 11.3. The van der Waals surface area contributed by atoms with Crippen molar-refractivity contribution in [3.05, 3.63) is 77.9 Å². The highest BCUT2D eigenvalue weighted by molar-refractivity contribution is 6.07. The SMILES string of the molecule is N#CC1(C(=O)c2ccccc2)OC1/C=C/c1ccccc1. The number of hydrogen-bond acceptors (Lipinski definition) is 3. The zero-order chi connectivity index (χ0) is 14.7. The first-order valence-corrected chi connectivity index (χ1v) is 6.68. The molecule has 0 N–H and O–H groups in total. The molecular formula is C18H13NO2. The van der Waals surface area contributed by atoms with Gasteiger partial charge in [-0.15, -0.1) is 0 Å². The van der Waals surface area contributed by atoms with Crippen molar-refractivity contribution in [3.8, 4) is 6.07 Å². The Balaban J connectivity index is 1.78. The Hall–Kier alpha value is -2.70. The van der Waals surface area contributed by atoms with Crippen molar-refractivity contribution in [3.63, 3.8) is 0 Å². The summed E-state index contributed by atoms with van der Waals surface area (Å²) < 4.78 is 5.39. The molecule has 1 fully saturated rings. The van der Waals surface area contributed by atoms with Gasteiger partial charge in [-0.05, 0) is 5.56 Å². The highest BCUT2D eigenvalue weighted by Gasteiger charge is 2.62. The van der Waals surface area contributed by atoms with E-state index in [-0.39, 0.29) is 5.78 Å². The Kier molecular flexibility index (Phi) is 3.39. The molecule has 2 aromatic rings. The van der Waals surface area contributed by atoms with Crippen LogP contribution >= 0.6 is 0 Å². The third-order valence-electron chi connectivity index (χ3n) is 3.46. The molecule has 3 heteroatoms. The normalized spacial score (nSPS) is 23.7. The highest BCUT2D eigenvalue weighted by atomic mass is 16.6. The lowest BCUT2D eigenvalue weighted by atomic mass is 9.95. The van der Waals surface area contributed by atoms with Gasteiger partial charge in [0.15, 0.2) is 0 Å². The largest absolute Gasteiger partial charge is 0.338 e. The number of carbonyl (C=O) groups is 1. The van der Waals surface area contributed by atoms with Crippen LogP contribution in [0.2, 0.25) is 0 Å². The molecule has 1 saturated heterocycles. The number of Topliss-reactive ketones (excluding diaryl/α,β-unsaturated/α-hetero) is 1. The number of hydrogen-bond donors (Lipinski definition) is 0. The summed E-state index contributed by atoms with van der Waals surface area (Å²) in [6.07, 6.45) is 3.14. The number of benzene rings is 2. The van der Waals surface area contributed by atoms with Crippen LogP contribution in [-0.4, -0.2) is 17.5 Å². The lowest BCUT2D eigenvalue weighted by Gasteiger charge is -2.01. The van der Waals surface area contributed by atoms with Gasteiger partial charge in [-0.25, -0.2) is 0 Å². The molecule has 2 aromatic carbocycles. The van der Waals surface area contributed by atoms with Crippen LogP contribution < -0.4 is 0 Å². The summed E-state index contributed by atoms with van der Waals surface area (Å²) in [6.45, 7) is 0. The topological polar surface area (TPSA) is 53.4 Å². The summed E-state index contributed by atoms with van der Waals surface area (Å²) >= 11 is 0.